The predicted octanol–water partition coefficient (Wildman–Crippen LogP) is 1.92. The van der Waals surface area contributed by atoms with E-state index in [4.69, 9.17) is 0 Å². The van der Waals surface area contributed by atoms with Crippen LogP contribution in [0.15, 0.2) is 24.3 Å². The number of hydrogen-bond donors (Lipinski definition) is 1. The van der Waals surface area contributed by atoms with Crippen molar-refractivity contribution >= 4 is 0 Å². The van der Waals surface area contributed by atoms with Crippen LogP contribution in [0.4, 0.5) is 0 Å². The van der Waals surface area contributed by atoms with Crippen molar-refractivity contribution in [2.24, 2.45) is 0 Å². The molecule has 1 saturated heterocycles. The number of piperazine rings is 1. The van der Waals surface area contributed by atoms with Crippen LogP contribution >= 0.6 is 0 Å². The van der Waals surface area contributed by atoms with Crippen molar-refractivity contribution in [2.45, 2.75) is 32.5 Å². The van der Waals surface area contributed by atoms with Gasteiger partial charge in [0.1, 0.15) is 5.75 Å². The summed E-state index contributed by atoms with van der Waals surface area (Å²) in [6.07, 6.45) is 0. The summed E-state index contributed by atoms with van der Waals surface area (Å²) in [5, 5.41) is 9.26. The van der Waals surface area contributed by atoms with Gasteiger partial charge in [-0.3, -0.25) is 9.80 Å². The molecule has 2 atom stereocenters. The Morgan fingerprint density at radius 2 is 1.65 bits per heavy atom. The summed E-state index contributed by atoms with van der Waals surface area (Å²) in [6, 6.07) is 8.74. The zero-order chi connectivity index (χ0) is 12.4. The average molecular weight is 234 g/mol. The van der Waals surface area contributed by atoms with E-state index in [1.54, 1.807) is 12.1 Å². The first-order valence-corrected chi connectivity index (χ1v) is 6.28. The van der Waals surface area contributed by atoms with E-state index in [1.165, 1.54) is 5.56 Å². The van der Waals surface area contributed by atoms with Crippen molar-refractivity contribution in [3.05, 3.63) is 29.8 Å². The summed E-state index contributed by atoms with van der Waals surface area (Å²) in [5.74, 6) is 0.342. The number of aromatic hydroxyl groups is 1. The predicted molar refractivity (Wildman–Crippen MR) is 70.1 cm³/mol. The summed E-state index contributed by atoms with van der Waals surface area (Å²) < 4.78 is 0. The maximum absolute atomic E-state index is 9.26. The number of phenols is 1. The van der Waals surface area contributed by atoms with E-state index in [1.807, 2.05) is 12.1 Å². The third-order valence-corrected chi connectivity index (χ3v) is 3.78. The van der Waals surface area contributed by atoms with Crippen LogP contribution in [0.25, 0.3) is 0 Å². The summed E-state index contributed by atoms with van der Waals surface area (Å²) in [5.41, 5.74) is 1.27. The van der Waals surface area contributed by atoms with Gasteiger partial charge in [-0.15, -0.1) is 0 Å². The van der Waals surface area contributed by atoms with Gasteiger partial charge in [-0.05, 0) is 38.6 Å². The quantitative estimate of drug-likeness (QED) is 0.847. The summed E-state index contributed by atoms with van der Waals surface area (Å²) in [7, 11) is 2.20. The molecule has 1 fully saturated rings. The van der Waals surface area contributed by atoms with E-state index in [0.717, 1.165) is 19.6 Å². The van der Waals surface area contributed by atoms with Gasteiger partial charge < -0.3 is 5.11 Å². The largest absolute Gasteiger partial charge is 0.508 e. The van der Waals surface area contributed by atoms with Gasteiger partial charge >= 0.3 is 0 Å². The fourth-order valence-corrected chi connectivity index (χ4v) is 2.50. The Balaban J connectivity index is 1.98. The number of hydrogen-bond acceptors (Lipinski definition) is 3. The van der Waals surface area contributed by atoms with Crippen LogP contribution in [-0.4, -0.2) is 47.1 Å². The second kappa shape index (κ2) is 5.07. The Labute approximate surface area is 104 Å². The van der Waals surface area contributed by atoms with Crippen molar-refractivity contribution in [3.8, 4) is 5.75 Å². The lowest BCUT2D eigenvalue weighted by Gasteiger charge is -2.42. The second-order valence-corrected chi connectivity index (χ2v) is 5.22. The van der Waals surface area contributed by atoms with Gasteiger partial charge in [0, 0.05) is 31.7 Å². The van der Waals surface area contributed by atoms with Crippen molar-refractivity contribution in [3.63, 3.8) is 0 Å². The molecule has 1 heterocycles. The zero-order valence-corrected chi connectivity index (χ0v) is 10.9. The first kappa shape index (κ1) is 12.4. The molecule has 0 amide bonds. The summed E-state index contributed by atoms with van der Waals surface area (Å²) in [4.78, 5) is 4.93. The molecule has 0 radical (unpaired) electrons. The Kier molecular flexibility index (Phi) is 3.69. The number of nitrogens with zero attached hydrogens (tertiary/aromatic N) is 2. The first-order chi connectivity index (χ1) is 8.06. The normalized spacial score (nSPS) is 27.2. The van der Waals surface area contributed by atoms with Crippen LogP contribution in [0.2, 0.25) is 0 Å². The van der Waals surface area contributed by atoms with Crippen LogP contribution in [0.1, 0.15) is 19.4 Å². The summed E-state index contributed by atoms with van der Waals surface area (Å²) in [6.45, 7) is 7.76. The Hall–Kier alpha value is -1.06. The van der Waals surface area contributed by atoms with Crippen molar-refractivity contribution in [1.29, 1.82) is 0 Å². The third kappa shape index (κ3) is 2.99. The minimum absolute atomic E-state index is 0.342. The number of benzene rings is 1. The fraction of sp³-hybridized carbons (Fsp3) is 0.571. The van der Waals surface area contributed by atoms with Gasteiger partial charge in [0.2, 0.25) is 0 Å². The van der Waals surface area contributed by atoms with E-state index in [9.17, 15) is 5.11 Å². The molecule has 17 heavy (non-hydrogen) atoms. The minimum atomic E-state index is 0.342. The molecule has 1 N–H and O–H groups in total. The summed E-state index contributed by atoms with van der Waals surface area (Å²) >= 11 is 0. The molecule has 0 aromatic heterocycles. The Morgan fingerprint density at radius 1 is 1.12 bits per heavy atom. The molecule has 0 aliphatic carbocycles. The lowest BCUT2D eigenvalue weighted by molar-refractivity contribution is 0.0556. The highest BCUT2D eigenvalue weighted by Crippen LogP contribution is 2.17. The molecule has 1 aromatic rings. The highest BCUT2D eigenvalue weighted by molar-refractivity contribution is 5.25. The average Bonchev–Trinajstić information content (AvgIpc) is 2.29. The first-order valence-electron chi connectivity index (χ1n) is 6.28. The zero-order valence-electron chi connectivity index (χ0n) is 10.9. The van der Waals surface area contributed by atoms with Gasteiger partial charge in [-0.2, -0.15) is 0 Å². The van der Waals surface area contributed by atoms with Crippen LogP contribution in [0.5, 0.6) is 5.75 Å². The molecule has 1 aromatic carbocycles. The Bertz CT molecular complexity index is 351. The van der Waals surface area contributed by atoms with E-state index < -0.39 is 0 Å². The molecule has 2 rings (SSSR count). The van der Waals surface area contributed by atoms with E-state index >= 15 is 0 Å². The fourth-order valence-electron chi connectivity index (χ4n) is 2.50. The van der Waals surface area contributed by atoms with Crippen LogP contribution in [0, 0.1) is 0 Å². The molecule has 1 aliphatic rings. The smallest absolute Gasteiger partial charge is 0.115 e. The number of rotatable bonds is 2. The monoisotopic (exact) mass is 234 g/mol. The molecule has 94 valence electrons. The van der Waals surface area contributed by atoms with Crippen molar-refractivity contribution in [1.82, 2.24) is 9.80 Å². The van der Waals surface area contributed by atoms with Crippen molar-refractivity contribution < 1.29 is 5.11 Å². The topological polar surface area (TPSA) is 26.7 Å². The highest BCUT2D eigenvalue weighted by Gasteiger charge is 2.26. The van der Waals surface area contributed by atoms with Crippen LogP contribution in [-0.2, 0) is 6.54 Å². The van der Waals surface area contributed by atoms with E-state index in [-0.39, 0.29) is 0 Å². The molecule has 0 saturated carbocycles. The van der Waals surface area contributed by atoms with Crippen molar-refractivity contribution in [2.75, 3.05) is 20.1 Å². The third-order valence-electron chi connectivity index (χ3n) is 3.78. The molecular weight excluding hydrogens is 212 g/mol. The number of phenolic OH excluding ortho intramolecular Hbond substituents is 1. The maximum Gasteiger partial charge on any atom is 0.115 e. The van der Waals surface area contributed by atoms with Gasteiger partial charge in [0.05, 0.1) is 0 Å². The molecule has 1 aliphatic heterocycles. The molecular formula is C14H22N2O. The molecule has 2 unspecified atom stereocenters. The van der Waals surface area contributed by atoms with Gasteiger partial charge in [0.25, 0.3) is 0 Å². The molecule has 0 spiro atoms. The van der Waals surface area contributed by atoms with Crippen LogP contribution < -0.4 is 0 Å². The minimum Gasteiger partial charge on any atom is -0.508 e. The molecule has 3 heteroatoms. The number of likely N-dealkylation sites (N-methyl/N-ethyl adjacent to an activating group) is 1. The standard InChI is InChI=1S/C14H22N2O/c1-11-8-16(9-12(2)15(11)3)10-13-4-6-14(17)7-5-13/h4-7,11-12,17H,8-10H2,1-3H3. The SMILES string of the molecule is CC1CN(Cc2ccc(O)cc2)CC(C)N1C. The molecule has 3 nitrogen and oxygen atoms in total. The van der Waals surface area contributed by atoms with E-state index in [2.05, 4.69) is 30.7 Å². The molecule has 0 bridgehead atoms. The Morgan fingerprint density at radius 3 is 2.18 bits per heavy atom. The van der Waals surface area contributed by atoms with Gasteiger partial charge in [0.15, 0.2) is 0 Å². The maximum atomic E-state index is 9.26. The van der Waals surface area contributed by atoms with Gasteiger partial charge in [-0.25, -0.2) is 0 Å². The van der Waals surface area contributed by atoms with Crippen LogP contribution in [0.3, 0.4) is 0 Å². The van der Waals surface area contributed by atoms with Gasteiger partial charge in [-0.1, -0.05) is 12.1 Å². The highest BCUT2D eigenvalue weighted by atomic mass is 16.3. The second-order valence-electron chi connectivity index (χ2n) is 5.22. The lowest BCUT2D eigenvalue weighted by atomic mass is 10.1. The van der Waals surface area contributed by atoms with E-state index in [0.29, 0.717) is 17.8 Å². The lowest BCUT2D eigenvalue weighted by Crippen LogP contribution is -2.54.